The minimum Gasteiger partial charge on any atom is -0.478 e. The van der Waals surface area contributed by atoms with Gasteiger partial charge in [-0.1, -0.05) is 32.4 Å². The van der Waals surface area contributed by atoms with Crippen LogP contribution in [0.25, 0.3) is 0 Å². The summed E-state index contributed by atoms with van der Waals surface area (Å²) >= 11 is 1.12. The number of hydrogen-bond donors (Lipinski definition) is 1. The van der Waals surface area contributed by atoms with E-state index in [9.17, 15) is 9.90 Å². The zero-order chi connectivity index (χ0) is 14.9. The molecule has 0 saturated carbocycles. The molecule has 5 nitrogen and oxygen atoms in total. The summed E-state index contributed by atoms with van der Waals surface area (Å²) in [5.74, 6) is -0.0644. The lowest BCUT2D eigenvalue weighted by atomic mass is 9.96. The Bertz CT molecular complexity index is 644. The van der Waals surface area contributed by atoms with Crippen molar-refractivity contribution in [1.82, 2.24) is 9.36 Å². The number of carboxylic acid groups (broad SMARTS) is 1. The van der Waals surface area contributed by atoms with E-state index in [0.717, 1.165) is 17.1 Å². The van der Waals surface area contributed by atoms with E-state index in [2.05, 4.69) is 9.36 Å². The highest BCUT2D eigenvalue weighted by Crippen LogP contribution is 2.30. The predicted molar refractivity (Wildman–Crippen MR) is 76.8 cm³/mol. The lowest BCUT2D eigenvalue weighted by Gasteiger charge is -2.12. The molecule has 0 saturated heterocycles. The number of rotatable bonds is 3. The number of hydrogen-bond acceptors (Lipinski definition) is 5. The summed E-state index contributed by atoms with van der Waals surface area (Å²) in [5.41, 5.74) is 0.820. The van der Waals surface area contributed by atoms with Gasteiger partial charge in [0.2, 0.25) is 0 Å². The van der Waals surface area contributed by atoms with Crippen molar-refractivity contribution in [2.45, 2.75) is 33.1 Å². The van der Waals surface area contributed by atoms with Crippen molar-refractivity contribution in [3.05, 3.63) is 35.2 Å². The average Bonchev–Trinajstić information content (AvgIpc) is 2.79. The highest BCUT2D eigenvalue weighted by molar-refractivity contribution is 7.07. The Hall–Kier alpha value is -1.95. The fourth-order valence-electron chi connectivity index (χ4n) is 1.55. The standard InChI is InChI=1S/C14H16N2O3S/c1-8-5-6-10(9(7-8)11(17)18)19-13-15-12(16-20-13)14(2,3)4/h5-7H,1-4H3,(H,17,18). The van der Waals surface area contributed by atoms with Crippen LogP contribution in [0.3, 0.4) is 0 Å². The van der Waals surface area contributed by atoms with Crippen LogP contribution < -0.4 is 4.74 Å². The molecule has 106 valence electrons. The zero-order valence-electron chi connectivity index (χ0n) is 11.8. The van der Waals surface area contributed by atoms with Gasteiger partial charge < -0.3 is 9.84 Å². The third-order valence-electron chi connectivity index (χ3n) is 2.64. The van der Waals surface area contributed by atoms with Crippen molar-refractivity contribution in [3.63, 3.8) is 0 Å². The first kappa shape index (κ1) is 14.5. The fraction of sp³-hybridized carbons (Fsp3) is 0.357. The predicted octanol–water partition coefficient (Wildman–Crippen LogP) is 3.63. The average molecular weight is 292 g/mol. The second-order valence-electron chi connectivity index (χ2n) is 5.54. The molecule has 2 rings (SSSR count). The van der Waals surface area contributed by atoms with Crippen LogP contribution in [0.4, 0.5) is 0 Å². The van der Waals surface area contributed by atoms with Gasteiger partial charge in [-0.25, -0.2) is 4.79 Å². The van der Waals surface area contributed by atoms with E-state index in [4.69, 9.17) is 4.74 Å². The molecule has 1 aromatic carbocycles. The highest BCUT2D eigenvalue weighted by atomic mass is 32.1. The van der Waals surface area contributed by atoms with Gasteiger partial charge in [-0.15, -0.1) is 0 Å². The Kier molecular flexibility index (Phi) is 3.76. The van der Waals surface area contributed by atoms with Crippen LogP contribution in [0, 0.1) is 6.92 Å². The molecular weight excluding hydrogens is 276 g/mol. The third kappa shape index (κ3) is 3.14. The van der Waals surface area contributed by atoms with Gasteiger partial charge in [0.25, 0.3) is 5.19 Å². The molecule has 0 aliphatic heterocycles. The molecule has 1 N–H and O–H groups in total. The Morgan fingerprint density at radius 2 is 2.05 bits per heavy atom. The molecule has 0 amide bonds. The molecule has 1 aromatic heterocycles. The number of carboxylic acids is 1. The molecule has 0 unspecified atom stereocenters. The summed E-state index contributed by atoms with van der Waals surface area (Å²) in [4.78, 5) is 15.5. The van der Waals surface area contributed by atoms with Crippen molar-refractivity contribution in [1.29, 1.82) is 0 Å². The summed E-state index contributed by atoms with van der Waals surface area (Å²) < 4.78 is 9.80. The largest absolute Gasteiger partial charge is 0.478 e. The molecule has 20 heavy (non-hydrogen) atoms. The molecule has 0 spiro atoms. The van der Waals surface area contributed by atoms with Crippen molar-refractivity contribution in [2.24, 2.45) is 0 Å². The highest BCUT2D eigenvalue weighted by Gasteiger charge is 2.21. The Morgan fingerprint density at radius 3 is 2.60 bits per heavy atom. The Labute approximate surface area is 121 Å². The first-order chi connectivity index (χ1) is 9.27. The van der Waals surface area contributed by atoms with Gasteiger partial charge in [-0.05, 0) is 19.1 Å². The van der Waals surface area contributed by atoms with Crippen LogP contribution in [-0.2, 0) is 5.41 Å². The normalized spacial score (nSPS) is 11.4. The molecule has 0 aliphatic rings. The third-order valence-corrected chi connectivity index (χ3v) is 3.24. The van der Waals surface area contributed by atoms with E-state index in [0.29, 0.717) is 11.0 Å². The van der Waals surface area contributed by atoms with Gasteiger partial charge in [-0.3, -0.25) is 0 Å². The van der Waals surface area contributed by atoms with Crippen LogP contribution in [0.15, 0.2) is 18.2 Å². The SMILES string of the molecule is Cc1ccc(Oc2nc(C(C)(C)C)ns2)c(C(=O)O)c1. The molecule has 0 atom stereocenters. The maximum absolute atomic E-state index is 11.2. The molecule has 6 heteroatoms. The zero-order valence-corrected chi connectivity index (χ0v) is 12.6. The minimum absolute atomic E-state index is 0.123. The maximum atomic E-state index is 11.2. The van der Waals surface area contributed by atoms with E-state index in [-0.39, 0.29) is 16.7 Å². The van der Waals surface area contributed by atoms with Crippen LogP contribution in [0.5, 0.6) is 10.9 Å². The number of aryl methyl sites for hydroxylation is 1. The number of ether oxygens (including phenoxy) is 1. The topological polar surface area (TPSA) is 72.3 Å². The van der Waals surface area contributed by atoms with Crippen LogP contribution >= 0.6 is 11.5 Å². The second-order valence-corrected chi connectivity index (χ2v) is 6.26. The van der Waals surface area contributed by atoms with Crippen molar-refractivity contribution < 1.29 is 14.6 Å². The number of aromatic carboxylic acids is 1. The van der Waals surface area contributed by atoms with E-state index >= 15 is 0 Å². The molecule has 2 aromatic rings. The summed E-state index contributed by atoms with van der Waals surface area (Å²) in [7, 11) is 0. The summed E-state index contributed by atoms with van der Waals surface area (Å²) in [5, 5.41) is 9.54. The number of aromatic nitrogens is 2. The monoisotopic (exact) mass is 292 g/mol. The van der Waals surface area contributed by atoms with E-state index in [1.54, 1.807) is 18.2 Å². The van der Waals surface area contributed by atoms with Crippen molar-refractivity contribution in [2.75, 3.05) is 0 Å². The van der Waals surface area contributed by atoms with Crippen LogP contribution in [0.1, 0.15) is 42.5 Å². The summed E-state index contributed by atoms with van der Waals surface area (Å²) in [6.07, 6.45) is 0. The fourth-order valence-corrected chi connectivity index (χ4v) is 2.28. The van der Waals surface area contributed by atoms with Gasteiger partial charge in [0.15, 0.2) is 5.82 Å². The molecule has 1 heterocycles. The maximum Gasteiger partial charge on any atom is 0.339 e. The first-order valence-electron chi connectivity index (χ1n) is 6.13. The number of nitrogens with zero attached hydrogens (tertiary/aromatic N) is 2. The molecule has 0 fully saturated rings. The quantitative estimate of drug-likeness (QED) is 0.935. The molecular formula is C14H16N2O3S. The van der Waals surface area contributed by atoms with Crippen LogP contribution in [0.2, 0.25) is 0 Å². The summed E-state index contributed by atoms with van der Waals surface area (Å²) in [6, 6.07) is 5.01. The minimum atomic E-state index is -1.02. The Balaban J connectivity index is 2.31. The van der Waals surface area contributed by atoms with Gasteiger partial charge in [-0.2, -0.15) is 9.36 Å². The molecule has 0 radical (unpaired) electrons. The van der Waals surface area contributed by atoms with Gasteiger partial charge in [0.1, 0.15) is 11.3 Å². The smallest absolute Gasteiger partial charge is 0.339 e. The van der Waals surface area contributed by atoms with Gasteiger partial charge in [0, 0.05) is 16.9 Å². The van der Waals surface area contributed by atoms with Gasteiger partial charge in [0.05, 0.1) is 0 Å². The Morgan fingerprint density at radius 1 is 1.35 bits per heavy atom. The number of carbonyl (C=O) groups is 1. The molecule has 0 aliphatic carbocycles. The first-order valence-corrected chi connectivity index (χ1v) is 6.90. The van der Waals surface area contributed by atoms with E-state index < -0.39 is 5.97 Å². The van der Waals surface area contributed by atoms with E-state index in [1.807, 2.05) is 27.7 Å². The lowest BCUT2D eigenvalue weighted by molar-refractivity contribution is 0.0694. The van der Waals surface area contributed by atoms with Gasteiger partial charge >= 0.3 is 5.97 Å². The van der Waals surface area contributed by atoms with Crippen LogP contribution in [-0.4, -0.2) is 20.4 Å². The summed E-state index contributed by atoms with van der Waals surface area (Å²) in [6.45, 7) is 7.85. The lowest BCUT2D eigenvalue weighted by Crippen LogP contribution is -2.13. The van der Waals surface area contributed by atoms with Crippen molar-refractivity contribution in [3.8, 4) is 10.9 Å². The van der Waals surface area contributed by atoms with E-state index in [1.165, 1.54) is 0 Å². The molecule has 0 bridgehead atoms. The van der Waals surface area contributed by atoms with Crippen molar-refractivity contribution >= 4 is 17.5 Å². The second kappa shape index (κ2) is 5.20. The number of benzene rings is 1.